The Labute approximate surface area is 147 Å². The number of anilines is 1. The number of piperidine rings is 1. The van der Waals surface area contributed by atoms with Crippen molar-refractivity contribution in [2.45, 2.75) is 32.2 Å². The maximum atomic E-state index is 4.66. The molecule has 0 amide bonds. The SMILES string of the molecule is Cc1nccc(N2CCC[C@@H](c3nccn3Cc3cccnc3)C2)n1. The standard InChI is InChI=1S/C19H22N6/c1-15-21-8-6-18(23-15)24-10-3-5-17(14-24)19-22-9-11-25(19)13-16-4-2-7-20-12-16/h2,4,6-9,11-12,17H,3,5,10,13-14H2,1H3/t17-/m1/s1. The van der Waals surface area contributed by atoms with Crippen LogP contribution in [0.3, 0.4) is 0 Å². The van der Waals surface area contributed by atoms with Gasteiger partial charge in [0.1, 0.15) is 17.5 Å². The van der Waals surface area contributed by atoms with Crippen molar-refractivity contribution in [2.24, 2.45) is 0 Å². The summed E-state index contributed by atoms with van der Waals surface area (Å²) in [5, 5.41) is 0. The lowest BCUT2D eigenvalue weighted by molar-refractivity contribution is 0.473. The Balaban J connectivity index is 1.53. The van der Waals surface area contributed by atoms with Gasteiger partial charge in [0.2, 0.25) is 0 Å². The van der Waals surface area contributed by atoms with Crippen LogP contribution in [0, 0.1) is 6.92 Å². The largest absolute Gasteiger partial charge is 0.356 e. The van der Waals surface area contributed by atoms with E-state index in [1.165, 1.54) is 5.56 Å². The first-order chi connectivity index (χ1) is 12.3. The first-order valence-corrected chi connectivity index (χ1v) is 8.74. The third-order valence-electron chi connectivity index (χ3n) is 4.70. The van der Waals surface area contributed by atoms with E-state index in [1.54, 1.807) is 6.20 Å². The first kappa shape index (κ1) is 15.7. The molecule has 3 aromatic heterocycles. The van der Waals surface area contributed by atoms with E-state index in [4.69, 9.17) is 0 Å². The summed E-state index contributed by atoms with van der Waals surface area (Å²) >= 11 is 0. The van der Waals surface area contributed by atoms with Crippen LogP contribution in [0.1, 0.15) is 36.0 Å². The number of aryl methyl sites for hydroxylation is 1. The van der Waals surface area contributed by atoms with E-state index in [1.807, 2.05) is 37.6 Å². The fraction of sp³-hybridized carbons (Fsp3) is 0.368. The van der Waals surface area contributed by atoms with Crippen LogP contribution >= 0.6 is 0 Å². The van der Waals surface area contributed by atoms with Gasteiger partial charge in [-0.3, -0.25) is 4.98 Å². The molecule has 128 valence electrons. The molecular formula is C19H22N6. The van der Waals surface area contributed by atoms with Gasteiger partial charge in [0.15, 0.2) is 0 Å². The minimum absolute atomic E-state index is 0.413. The quantitative estimate of drug-likeness (QED) is 0.734. The average molecular weight is 334 g/mol. The van der Waals surface area contributed by atoms with E-state index >= 15 is 0 Å². The lowest BCUT2D eigenvalue weighted by atomic mass is 9.97. The average Bonchev–Trinajstić information content (AvgIpc) is 3.11. The summed E-state index contributed by atoms with van der Waals surface area (Å²) in [6.07, 6.45) is 11.8. The molecule has 0 N–H and O–H groups in total. The maximum absolute atomic E-state index is 4.66. The Morgan fingerprint density at radius 2 is 2.12 bits per heavy atom. The normalized spacial score (nSPS) is 17.6. The van der Waals surface area contributed by atoms with Gasteiger partial charge in [0.25, 0.3) is 0 Å². The number of hydrogen-bond acceptors (Lipinski definition) is 5. The van der Waals surface area contributed by atoms with Gasteiger partial charge < -0.3 is 9.47 Å². The molecular weight excluding hydrogens is 312 g/mol. The minimum atomic E-state index is 0.413. The molecule has 4 heterocycles. The smallest absolute Gasteiger partial charge is 0.132 e. The molecule has 6 heteroatoms. The fourth-order valence-electron chi connectivity index (χ4n) is 3.52. The van der Waals surface area contributed by atoms with E-state index in [0.717, 1.165) is 49.9 Å². The van der Waals surface area contributed by atoms with Crippen molar-refractivity contribution in [3.63, 3.8) is 0 Å². The van der Waals surface area contributed by atoms with Crippen molar-refractivity contribution < 1.29 is 0 Å². The van der Waals surface area contributed by atoms with Crippen LogP contribution in [0.25, 0.3) is 0 Å². The number of aromatic nitrogens is 5. The Morgan fingerprint density at radius 3 is 2.96 bits per heavy atom. The number of hydrogen-bond donors (Lipinski definition) is 0. The van der Waals surface area contributed by atoms with Crippen molar-refractivity contribution in [3.05, 3.63) is 66.4 Å². The Morgan fingerprint density at radius 1 is 1.16 bits per heavy atom. The van der Waals surface area contributed by atoms with Crippen molar-refractivity contribution in [1.29, 1.82) is 0 Å². The molecule has 1 fully saturated rings. The molecule has 0 radical (unpaired) electrons. The van der Waals surface area contributed by atoms with Gasteiger partial charge in [-0.05, 0) is 37.5 Å². The fourth-order valence-corrected chi connectivity index (χ4v) is 3.52. The molecule has 0 aliphatic carbocycles. The summed E-state index contributed by atoms with van der Waals surface area (Å²) in [7, 11) is 0. The van der Waals surface area contributed by atoms with Crippen LogP contribution in [0.2, 0.25) is 0 Å². The van der Waals surface area contributed by atoms with Crippen molar-refractivity contribution in [1.82, 2.24) is 24.5 Å². The van der Waals surface area contributed by atoms with Gasteiger partial charge in [0, 0.05) is 50.0 Å². The predicted octanol–water partition coefficient (Wildman–Crippen LogP) is 2.81. The van der Waals surface area contributed by atoms with Gasteiger partial charge >= 0.3 is 0 Å². The Kier molecular flexibility index (Phi) is 4.41. The van der Waals surface area contributed by atoms with Gasteiger partial charge in [-0.2, -0.15) is 0 Å². The zero-order valence-corrected chi connectivity index (χ0v) is 14.4. The topological polar surface area (TPSA) is 59.7 Å². The van der Waals surface area contributed by atoms with E-state index in [2.05, 4.69) is 41.7 Å². The highest BCUT2D eigenvalue weighted by molar-refractivity contribution is 5.38. The Hall–Kier alpha value is -2.76. The summed E-state index contributed by atoms with van der Waals surface area (Å²) in [6, 6.07) is 6.08. The zero-order chi connectivity index (χ0) is 17.1. The van der Waals surface area contributed by atoms with Crippen LogP contribution in [0.5, 0.6) is 0 Å². The van der Waals surface area contributed by atoms with Crippen LogP contribution < -0.4 is 4.90 Å². The molecule has 0 unspecified atom stereocenters. The lowest BCUT2D eigenvalue weighted by Crippen LogP contribution is -2.36. The van der Waals surface area contributed by atoms with E-state index in [9.17, 15) is 0 Å². The van der Waals surface area contributed by atoms with E-state index < -0.39 is 0 Å². The zero-order valence-electron chi connectivity index (χ0n) is 14.4. The molecule has 1 aliphatic heterocycles. The molecule has 0 saturated carbocycles. The lowest BCUT2D eigenvalue weighted by Gasteiger charge is -2.33. The van der Waals surface area contributed by atoms with E-state index in [-0.39, 0.29) is 0 Å². The Bertz CT molecular complexity index is 829. The molecule has 1 atom stereocenters. The molecule has 4 rings (SSSR count). The van der Waals surface area contributed by atoms with Crippen LogP contribution in [-0.2, 0) is 6.54 Å². The number of nitrogens with zero attached hydrogens (tertiary/aromatic N) is 6. The van der Waals surface area contributed by atoms with Gasteiger partial charge in [0.05, 0.1) is 6.54 Å². The van der Waals surface area contributed by atoms with Crippen molar-refractivity contribution >= 4 is 5.82 Å². The van der Waals surface area contributed by atoms with Gasteiger partial charge in [-0.15, -0.1) is 0 Å². The highest BCUT2D eigenvalue weighted by Gasteiger charge is 2.25. The second-order valence-corrected chi connectivity index (χ2v) is 6.52. The second-order valence-electron chi connectivity index (χ2n) is 6.52. The molecule has 6 nitrogen and oxygen atoms in total. The summed E-state index contributed by atoms with van der Waals surface area (Å²) in [6.45, 7) is 4.73. The maximum Gasteiger partial charge on any atom is 0.132 e. The second kappa shape index (κ2) is 7.01. The highest BCUT2D eigenvalue weighted by atomic mass is 15.2. The van der Waals surface area contributed by atoms with Crippen molar-refractivity contribution in [2.75, 3.05) is 18.0 Å². The van der Waals surface area contributed by atoms with Crippen LogP contribution in [0.4, 0.5) is 5.82 Å². The van der Waals surface area contributed by atoms with Crippen molar-refractivity contribution in [3.8, 4) is 0 Å². The summed E-state index contributed by atoms with van der Waals surface area (Å²) in [5.74, 6) is 3.40. The molecule has 0 aromatic carbocycles. The molecule has 1 saturated heterocycles. The third-order valence-corrected chi connectivity index (χ3v) is 4.70. The third kappa shape index (κ3) is 3.52. The first-order valence-electron chi connectivity index (χ1n) is 8.74. The monoisotopic (exact) mass is 334 g/mol. The van der Waals surface area contributed by atoms with Crippen LogP contribution in [-0.4, -0.2) is 37.6 Å². The molecule has 0 spiro atoms. The molecule has 1 aliphatic rings. The predicted molar refractivity (Wildman–Crippen MR) is 96.5 cm³/mol. The minimum Gasteiger partial charge on any atom is -0.356 e. The highest BCUT2D eigenvalue weighted by Crippen LogP contribution is 2.28. The molecule has 3 aromatic rings. The van der Waals surface area contributed by atoms with Gasteiger partial charge in [-0.25, -0.2) is 15.0 Å². The summed E-state index contributed by atoms with van der Waals surface area (Å²) in [4.78, 5) is 20.0. The number of imidazole rings is 1. The summed E-state index contributed by atoms with van der Waals surface area (Å²) < 4.78 is 2.25. The van der Waals surface area contributed by atoms with E-state index in [0.29, 0.717) is 5.92 Å². The number of rotatable bonds is 4. The molecule has 25 heavy (non-hydrogen) atoms. The molecule has 0 bridgehead atoms. The number of pyridine rings is 1. The summed E-state index contributed by atoms with van der Waals surface area (Å²) in [5.41, 5.74) is 1.20. The van der Waals surface area contributed by atoms with Crippen LogP contribution in [0.15, 0.2) is 49.2 Å². The van der Waals surface area contributed by atoms with Gasteiger partial charge in [-0.1, -0.05) is 6.07 Å².